The van der Waals surface area contributed by atoms with Crippen molar-refractivity contribution in [2.24, 2.45) is 40.9 Å². The predicted molar refractivity (Wildman–Crippen MR) is 451 cm³/mol. The fraction of sp³-hybridized carbons (Fsp3) is 0.697. The van der Waals surface area contributed by atoms with E-state index in [1.54, 1.807) is 27.7 Å². The molecule has 0 aliphatic heterocycles. The molecule has 0 spiro atoms. The van der Waals surface area contributed by atoms with Gasteiger partial charge in [0, 0.05) is 19.4 Å². The molecule has 0 rings (SSSR count). The van der Waals surface area contributed by atoms with E-state index in [1.165, 1.54) is 55.4 Å². The summed E-state index contributed by atoms with van der Waals surface area (Å²) in [6.07, 6.45) is -4.15. The summed E-state index contributed by atoms with van der Waals surface area (Å²) in [7, 11) is 0. The summed E-state index contributed by atoms with van der Waals surface area (Å²) in [5.74, 6) is -26.7. The van der Waals surface area contributed by atoms with E-state index in [2.05, 4.69) is 106 Å². The maximum absolute atomic E-state index is 14.2. The number of guanidine groups is 1. The van der Waals surface area contributed by atoms with Crippen LogP contribution in [0.1, 0.15) is 161 Å². The maximum Gasteiger partial charge on any atom is 0.325 e. The smallest absolute Gasteiger partial charge is 0.325 e. The Morgan fingerprint density at radius 1 is 0.305 bits per heavy atom. The zero-order chi connectivity index (χ0) is 98.3. The van der Waals surface area contributed by atoms with Gasteiger partial charge in [0.05, 0.1) is 45.5 Å². The predicted octanol–water partition coefficient (Wildman–Crippen LogP) is -12.3. The van der Waals surface area contributed by atoms with Crippen LogP contribution in [0.15, 0.2) is 0 Å². The third-order valence-electron chi connectivity index (χ3n) is 18.8. The van der Waals surface area contributed by atoms with Crippen LogP contribution in [0.5, 0.6) is 0 Å². The average Bonchev–Trinajstić information content (AvgIpc) is 0.829. The second kappa shape index (κ2) is 59.4. The molecule has 0 aliphatic rings. The number of amides is 19. The molecule has 0 heterocycles. The summed E-state index contributed by atoms with van der Waals surface area (Å²) in [6, 6.07) is -24.9. The van der Waals surface area contributed by atoms with Gasteiger partial charge in [-0.2, -0.15) is 0 Å². The highest BCUT2D eigenvalue weighted by atomic mass is 16.4. The normalized spacial score (nSPS) is 15.1. The Labute approximate surface area is 738 Å². The van der Waals surface area contributed by atoms with Gasteiger partial charge in [-0.25, -0.2) is 0 Å². The van der Waals surface area contributed by atoms with Crippen LogP contribution in [-0.2, 0) is 105 Å². The van der Waals surface area contributed by atoms with E-state index < -0.39 is 328 Å². The Morgan fingerprint density at radius 2 is 0.625 bits per heavy atom. The van der Waals surface area contributed by atoms with Crippen molar-refractivity contribution in [3.63, 3.8) is 0 Å². The van der Waals surface area contributed by atoms with Crippen LogP contribution in [0.3, 0.4) is 0 Å². The highest BCUT2D eigenvalue weighted by molar-refractivity contribution is 6.01. The molecular weight excluding hydrogens is 1700 g/mol. The van der Waals surface area contributed by atoms with Crippen LogP contribution in [0.2, 0.25) is 0 Å². The van der Waals surface area contributed by atoms with Gasteiger partial charge >= 0.3 is 17.9 Å². The number of rotatable bonds is 61. The summed E-state index contributed by atoms with van der Waals surface area (Å²) in [5.41, 5.74) is 16.2. The van der Waals surface area contributed by atoms with Gasteiger partial charge in [-0.1, -0.05) is 55.4 Å². The van der Waals surface area contributed by atoms with Crippen molar-refractivity contribution in [1.82, 2.24) is 106 Å². The molecule has 0 saturated heterocycles. The first-order valence-corrected chi connectivity index (χ1v) is 41.4. The molecule has 0 fully saturated rings. The Morgan fingerprint density at radius 3 is 1.05 bits per heavy atom. The lowest BCUT2D eigenvalue weighted by molar-refractivity contribution is -0.142. The molecule has 0 bridgehead atoms. The second-order valence-electron chi connectivity index (χ2n) is 31.6. The quantitative estimate of drug-likeness (QED) is 0.0153. The number of hydrogen-bond acceptors (Lipinski definition) is 28. The fourth-order valence-corrected chi connectivity index (χ4v) is 11.4. The first kappa shape index (κ1) is 115. The van der Waals surface area contributed by atoms with E-state index in [0.717, 1.165) is 13.8 Å². The van der Waals surface area contributed by atoms with E-state index in [-0.39, 0.29) is 38.8 Å². The molecule has 0 unspecified atom stereocenters. The number of carbonyl (C=O) groups excluding carboxylic acids is 19. The lowest BCUT2D eigenvalue weighted by Gasteiger charge is -2.30. The second-order valence-corrected chi connectivity index (χ2v) is 31.6. The zero-order valence-corrected chi connectivity index (χ0v) is 74.2. The molecule has 724 valence electrons. The number of aliphatic hydroxyl groups is 3. The van der Waals surface area contributed by atoms with Crippen molar-refractivity contribution < 1.29 is 136 Å². The van der Waals surface area contributed by atoms with Gasteiger partial charge in [0.25, 0.3) is 0 Å². The number of nitrogens with one attached hydrogen (secondary N) is 21. The summed E-state index contributed by atoms with van der Waals surface area (Å²) in [4.78, 5) is 290. The van der Waals surface area contributed by atoms with E-state index in [1.807, 2.05) is 0 Å². The van der Waals surface area contributed by atoms with Gasteiger partial charge in [0.1, 0.15) is 96.7 Å². The molecule has 33 N–H and O–H groups in total. The molecule has 0 aromatic rings. The Kier molecular flexibility index (Phi) is 53.5. The monoisotopic (exact) mass is 1830 g/mol. The molecule has 52 heteroatoms. The van der Waals surface area contributed by atoms with E-state index >= 15 is 0 Å². The summed E-state index contributed by atoms with van der Waals surface area (Å²) >= 11 is 0. The van der Waals surface area contributed by atoms with Crippen molar-refractivity contribution in [3.8, 4) is 0 Å². The van der Waals surface area contributed by atoms with E-state index in [9.17, 15) is 136 Å². The van der Waals surface area contributed by atoms with Crippen LogP contribution in [0.25, 0.3) is 0 Å². The largest absolute Gasteiger partial charge is 0.481 e. The Bertz CT molecular complexity index is 3850. The van der Waals surface area contributed by atoms with Crippen LogP contribution >= 0.6 is 0 Å². The number of carbonyl (C=O) groups is 22. The van der Waals surface area contributed by atoms with Crippen molar-refractivity contribution in [2.75, 3.05) is 52.5 Å². The van der Waals surface area contributed by atoms with Crippen molar-refractivity contribution in [2.45, 2.75) is 264 Å². The van der Waals surface area contributed by atoms with Crippen molar-refractivity contribution in [1.29, 1.82) is 5.41 Å². The van der Waals surface area contributed by atoms with Gasteiger partial charge in [-0.15, -0.1) is 0 Å². The van der Waals surface area contributed by atoms with Gasteiger partial charge in [-0.05, 0) is 123 Å². The summed E-state index contributed by atoms with van der Waals surface area (Å²) in [5, 5.41) is 114. The Balaban J connectivity index is 6.44. The van der Waals surface area contributed by atoms with Gasteiger partial charge in [0.15, 0.2) is 5.96 Å². The lowest BCUT2D eigenvalue weighted by Crippen LogP contribution is -2.62. The number of hydrogen-bond donors (Lipinski definition) is 30. The van der Waals surface area contributed by atoms with E-state index in [4.69, 9.17) is 22.6 Å². The van der Waals surface area contributed by atoms with Crippen molar-refractivity contribution >= 4 is 136 Å². The molecule has 17 atom stereocenters. The number of carboxylic acids is 3. The molecule has 0 radical (unpaired) electrons. The number of aliphatic hydroxyl groups excluding tert-OH is 3. The molecule has 0 aromatic heterocycles. The molecule has 52 nitrogen and oxygen atoms in total. The molecular formula is C76H132N24O28. The van der Waals surface area contributed by atoms with Gasteiger partial charge in [-0.3, -0.25) is 111 Å². The van der Waals surface area contributed by atoms with Crippen LogP contribution in [0, 0.1) is 29.1 Å². The minimum absolute atomic E-state index is 0.00230. The minimum Gasteiger partial charge on any atom is -0.481 e. The number of nitrogens with two attached hydrogens (primary N) is 3. The first-order chi connectivity index (χ1) is 59.7. The van der Waals surface area contributed by atoms with Gasteiger partial charge in [0.2, 0.25) is 112 Å². The van der Waals surface area contributed by atoms with Crippen LogP contribution in [-0.4, -0.2) is 322 Å². The average molecular weight is 1830 g/mol. The lowest BCUT2D eigenvalue weighted by atomic mass is 9.99. The standard InChI is InChI=1S/C76H132N24O28/c1-33(2)26-47(94-68(120)46(21-23-55(110)111)93-72(124)58(36(7)8)99-74(126)59(42(14)103)100-73(125)57(35(5)6)97-52(106)29-82-51(105)28-84-64(116)48(31-101)95-62(114)38(10)85-50(104)27-78)69(121)96-49(32-102)70(122)91-45(20-22-54(108)109)67(119)88-39(11)61(113)86-40(12)63(115)90-44(19-17-25-81-76(79)80)65(117)87-37(9)60(112)83-30-53(107)98-56(34(3)4)71(123)92-43(18-15-16-24-77)66(118)89-41(13)75(127)128/h33-49,56-59,101-103H,15-32,77-78H2,1-14H3,(H,82,105)(H,83,112)(H,84,116)(H,85,104)(H,86,113)(H,87,117)(H,88,119)(H,89,118)(H,90,115)(H,91,122)(H,92,123)(H,93,124)(H,94,120)(H,95,114)(H,96,121)(H,97,106)(H,98,107)(H,99,126)(H,100,125)(H,108,109)(H,110,111)(H,127,128)(H4,79,80,81)/t37-,38-,39-,40-,41-,42+,43-,44-,45-,46-,47-,48-,49-,56-,57-,58-,59-/m0/s1. The highest BCUT2D eigenvalue weighted by Crippen LogP contribution is 2.14. The third-order valence-corrected chi connectivity index (χ3v) is 18.8. The van der Waals surface area contributed by atoms with Crippen LogP contribution in [0.4, 0.5) is 0 Å². The highest BCUT2D eigenvalue weighted by Gasteiger charge is 2.40. The van der Waals surface area contributed by atoms with E-state index in [0.29, 0.717) is 12.8 Å². The van der Waals surface area contributed by atoms with Crippen molar-refractivity contribution in [3.05, 3.63) is 0 Å². The molecule has 0 aromatic carbocycles. The number of aliphatic carboxylic acids is 3. The number of unbranched alkanes of at least 4 members (excludes halogenated alkanes) is 1. The molecule has 0 aliphatic carbocycles. The summed E-state index contributed by atoms with van der Waals surface area (Å²) in [6.45, 7) is 14.6. The molecule has 0 saturated carbocycles. The maximum atomic E-state index is 14.2. The molecule has 128 heavy (non-hydrogen) atoms. The SMILES string of the molecule is CC(C)C[C@H](NC(=O)[C@H](CCC(=O)O)NC(=O)[C@@H](NC(=O)[C@@H](NC(=O)[C@@H](NC(=O)CNC(=O)CNC(=O)[C@H](CO)NC(=O)[C@H](C)NC(=O)CN)C(C)C)[C@@H](C)O)C(C)C)C(=O)N[C@@H](CO)C(=O)N[C@@H](CCC(=O)O)C(=O)N[C@@H](C)C(=O)N[C@@H](C)C(=O)N[C@@H](CCCNC(=N)N)C(=O)N[C@@H](C)C(=O)NCC(=O)N[C@H](C(=O)N[C@@H](CCCCN)C(=O)N[C@@H](C)C(=O)O)C(C)C. The molecule has 19 amide bonds. The zero-order valence-electron chi connectivity index (χ0n) is 74.2. The number of carboxylic acid groups (broad SMARTS) is 3. The topological polar surface area (TPSA) is 839 Å². The van der Waals surface area contributed by atoms with Crippen LogP contribution < -0.4 is 124 Å². The van der Waals surface area contributed by atoms with Gasteiger partial charge < -0.3 is 154 Å². The summed E-state index contributed by atoms with van der Waals surface area (Å²) < 4.78 is 0. The minimum atomic E-state index is -2.00. The first-order valence-electron chi connectivity index (χ1n) is 41.4. The fourth-order valence-electron chi connectivity index (χ4n) is 11.4. The third kappa shape index (κ3) is 45.0. The Hall–Kier alpha value is -12.6.